The summed E-state index contributed by atoms with van der Waals surface area (Å²) in [4.78, 5) is 35.3. The number of amides is 1. The van der Waals surface area contributed by atoms with Gasteiger partial charge in [0.25, 0.3) is 5.91 Å². The molecule has 0 fully saturated rings. The molecule has 3 N–H and O–H groups in total. The van der Waals surface area contributed by atoms with Crippen LogP contribution in [0, 0.1) is 5.41 Å². The first-order valence-electron chi connectivity index (χ1n) is 8.58. The molecular formula is C19H27NO6. The Bertz CT molecular complexity index is 599. The van der Waals surface area contributed by atoms with Gasteiger partial charge in [-0.1, -0.05) is 32.0 Å². The average molecular weight is 365 g/mol. The molecule has 0 aliphatic carbocycles. The van der Waals surface area contributed by atoms with Crippen molar-refractivity contribution in [3.63, 3.8) is 0 Å². The van der Waals surface area contributed by atoms with Crippen molar-refractivity contribution in [1.82, 2.24) is 5.32 Å². The van der Waals surface area contributed by atoms with Crippen molar-refractivity contribution in [3.05, 3.63) is 30.3 Å². The van der Waals surface area contributed by atoms with Gasteiger partial charge >= 0.3 is 0 Å². The van der Waals surface area contributed by atoms with Crippen LogP contribution in [0.1, 0.15) is 33.1 Å². The van der Waals surface area contributed by atoms with E-state index in [4.69, 9.17) is 9.84 Å². The van der Waals surface area contributed by atoms with E-state index < -0.39 is 29.0 Å². The first kappa shape index (κ1) is 21.8. The van der Waals surface area contributed by atoms with Gasteiger partial charge in [-0.25, -0.2) is 0 Å². The summed E-state index contributed by atoms with van der Waals surface area (Å²) in [5.74, 6) is -1.11. The number of ether oxygens (including phenoxy) is 1. The maximum atomic E-state index is 11.9. The van der Waals surface area contributed by atoms with Crippen LogP contribution in [0.3, 0.4) is 0 Å². The summed E-state index contributed by atoms with van der Waals surface area (Å²) in [7, 11) is 0. The third-order valence-electron chi connectivity index (χ3n) is 3.93. The quantitative estimate of drug-likeness (QED) is 0.374. The Labute approximate surface area is 153 Å². The van der Waals surface area contributed by atoms with Crippen molar-refractivity contribution in [2.45, 2.75) is 39.2 Å². The third-order valence-corrected chi connectivity index (χ3v) is 3.93. The molecule has 0 unspecified atom stereocenters. The lowest BCUT2D eigenvalue weighted by Gasteiger charge is -2.26. The highest BCUT2D eigenvalue weighted by Crippen LogP contribution is 2.21. The lowest BCUT2D eigenvalue weighted by atomic mass is 9.84. The van der Waals surface area contributed by atoms with Gasteiger partial charge in [0, 0.05) is 18.3 Å². The van der Waals surface area contributed by atoms with Crippen LogP contribution < -0.4 is 10.1 Å². The second-order valence-corrected chi connectivity index (χ2v) is 6.71. The van der Waals surface area contributed by atoms with Crippen LogP contribution in [-0.2, 0) is 14.4 Å². The summed E-state index contributed by atoms with van der Waals surface area (Å²) in [6, 6.07) is 9.10. The highest BCUT2D eigenvalue weighted by atomic mass is 16.5. The lowest BCUT2D eigenvalue weighted by molar-refractivity contribution is -0.138. The normalized spacial score (nSPS) is 12.3. The first-order valence-corrected chi connectivity index (χ1v) is 8.58. The van der Waals surface area contributed by atoms with Crippen LogP contribution in [0.15, 0.2) is 30.3 Å². The van der Waals surface area contributed by atoms with Crippen molar-refractivity contribution in [3.8, 4) is 5.75 Å². The highest BCUT2D eigenvalue weighted by molar-refractivity contribution is 6.36. The van der Waals surface area contributed by atoms with E-state index in [1.807, 2.05) is 18.2 Å². The van der Waals surface area contributed by atoms with Crippen molar-refractivity contribution in [1.29, 1.82) is 0 Å². The zero-order valence-corrected chi connectivity index (χ0v) is 15.2. The molecule has 1 aromatic rings. The molecule has 1 amide bonds. The fourth-order valence-electron chi connectivity index (χ4n) is 2.14. The molecular weight excluding hydrogens is 338 g/mol. The minimum atomic E-state index is -1.30. The Morgan fingerprint density at radius 3 is 2.42 bits per heavy atom. The smallest absolute Gasteiger partial charge is 0.287 e. The molecule has 0 aliphatic heterocycles. The van der Waals surface area contributed by atoms with E-state index in [1.54, 1.807) is 26.0 Å². The minimum Gasteiger partial charge on any atom is -0.492 e. The van der Waals surface area contributed by atoms with Crippen molar-refractivity contribution < 1.29 is 29.3 Å². The number of aliphatic hydroxyl groups is 2. The number of Topliss-reactive ketones (excluding diaryl/α,β-unsaturated/α-hetero) is 2. The number of hydrogen-bond acceptors (Lipinski definition) is 6. The van der Waals surface area contributed by atoms with Crippen molar-refractivity contribution in [2.24, 2.45) is 5.41 Å². The fourth-order valence-corrected chi connectivity index (χ4v) is 2.14. The van der Waals surface area contributed by atoms with Crippen LogP contribution in [-0.4, -0.2) is 53.5 Å². The topological polar surface area (TPSA) is 113 Å². The molecule has 0 aromatic heterocycles. The zero-order chi connectivity index (χ0) is 19.6. The van der Waals surface area contributed by atoms with Gasteiger partial charge < -0.3 is 20.3 Å². The van der Waals surface area contributed by atoms with Crippen LogP contribution in [0.25, 0.3) is 0 Å². The van der Waals surface area contributed by atoms with Gasteiger partial charge in [0.1, 0.15) is 18.5 Å². The Hall–Kier alpha value is -2.25. The van der Waals surface area contributed by atoms with Crippen LogP contribution in [0.5, 0.6) is 5.75 Å². The summed E-state index contributed by atoms with van der Waals surface area (Å²) >= 11 is 0. The van der Waals surface area contributed by atoms with Gasteiger partial charge in [-0.3, -0.25) is 14.4 Å². The van der Waals surface area contributed by atoms with Gasteiger partial charge in [-0.15, -0.1) is 0 Å². The van der Waals surface area contributed by atoms with Crippen LogP contribution in [0.4, 0.5) is 0 Å². The van der Waals surface area contributed by atoms with E-state index in [-0.39, 0.29) is 39.0 Å². The Balaban J connectivity index is 2.22. The number of nitrogens with one attached hydrogen (secondary N) is 1. The molecule has 7 heteroatoms. The van der Waals surface area contributed by atoms with E-state index >= 15 is 0 Å². The molecule has 0 saturated carbocycles. The van der Waals surface area contributed by atoms with Gasteiger partial charge in [0.05, 0.1) is 13.2 Å². The Morgan fingerprint density at radius 1 is 1.15 bits per heavy atom. The van der Waals surface area contributed by atoms with Gasteiger partial charge in [0.15, 0.2) is 5.78 Å². The Morgan fingerprint density at radius 2 is 1.81 bits per heavy atom. The molecule has 0 heterocycles. The number of carbonyl (C=O) groups excluding carboxylic acids is 3. The molecule has 1 atom stereocenters. The lowest BCUT2D eigenvalue weighted by Crippen LogP contribution is -2.39. The number of rotatable bonds is 12. The van der Waals surface area contributed by atoms with E-state index in [2.05, 4.69) is 5.32 Å². The van der Waals surface area contributed by atoms with E-state index in [0.29, 0.717) is 5.75 Å². The number of carbonyl (C=O) groups is 3. The fraction of sp³-hybridized carbons (Fsp3) is 0.526. The number of hydrogen-bond donors (Lipinski definition) is 3. The van der Waals surface area contributed by atoms with E-state index in [0.717, 1.165) is 0 Å². The maximum absolute atomic E-state index is 11.9. The molecule has 26 heavy (non-hydrogen) atoms. The van der Waals surface area contributed by atoms with Crippen LogP contribution >= 0.6 is 0 Å². The van der Waals surface area contributed by atoms with E-state index in [1.165, 1.54) is 0 Å². The molecule has 7 nitrogen and oxygen atoms in total. The second kappa shape index (κ2) is 10.7. The molecule has 144 valence electrons. The molecule has 0 radical (unpaired) electrons. The number of benzene rings is 1. The number of ketones is 2. The molecule has 0 bridgehead atoms. The number of aliphatic hydroxyl groups excluding tert-OH is 2. The third kappa shape index (κ3) is 7.33. The highest BCUT2D eigenvalue weighted by Gasteiger charge is 2.32. The summed E-state index contributed by atoms with van der Waals surface area (Å²) in [6.45, 7) is 3.26. The maximum Gasteiger partial charge on any atom is 0.287 e. The van der Waals surface area contributed by atoms with Crippen LogP contribution in [0.2, 0.25) is 0 Å². The monoisotopic (exact) mass is 365 g/mol. The largest absolute Gasteiger partial charge is 0.492 e. The van der Waals surface area contributed by atoms with Crippen molar-refractivity contribution in [2.75, 3.05) is 19.8 Å². The summed E-state index contributed by atoms with van der Waals surface area (Å²) in [5.41, 5.74) is -0.933. The average Bonchev–Trinajstić information content (AvgIpc) is 2.64. The second-order valence-electron chi connectivity index (χ2n) is 6.71. The van der Waals surface area contributed by atoms with E-state index in [9.17, 15) is 19.5 Å². The number of para-hydroxylation sites is 1. The summed E-state index contributed by atoms with van der Waals surface area (Å²) in [5, 5.41) is 21.5. The summed E-state index contributed by atoms with van der Waals surface area (Å²) < 4.78 is 5.40. The van der Waals surface area contributed by atoms with Gasteiger partial charge in [0.2, 0.25) is 5.78 Å². The zero-order valence-electron chi connectivity index (χ0n) is 15.2. The summed E-state index contributed by atoms with van der Waals surface area (Å²) in [6.07, 6.45) is -1.24. The molecule has 0 aliphatic rings. The molecule has 0 spiro atoms. The minimum absolute atomic E-state index is 0.0270. The predicted molar refractivity (Wildman–Crippen MR) is 95.7 cm³/mol. The molecule has 1 rings (SSSR count). The SMILES string of the molecule is CC(C)(CO)[C@@H](O)C(=O)CCCC(=O)C(=O)NCCOc1ccccc1. The first-order chi connectivity index (χ1) is 12.3. The van der Waals surface area contributed by atoms with Gasteiger partial charge in [-0.2, -0.15) is 0 Å². The standard InChI is InChI=1S/C19H27NO6/c1-19(2,13-21)17(24)15(22)9-6-10-16(23)18(25)20-11-12-26-14-7-4-3-5-8-14/h3-5,7-8,17,21,24H,6,9-13H2,1-2H3,(H,20,25)/t17-/m0/s1. The molecule has 0 saturated heterocycles. The predicted octanol–water partition coefficient (Wildman–Crippen LogP) is 0.869. The van der Waals surface area contributed by atoms with Crippen molar-refractivity contribution >= 4 is 17.5 Å². The Kier molecular flexibility index (Phi) is 8.95. The van der Waals surface area contributed by atoms with Gasteiger partial charge in [-0.05, 0) is 18.6 Å². The molecule has 1 aromatic carbocycles.